The molecule has 0 aromatic carbocycles. The Bertz CT molecular complexity index is 258. The second kappa shape index (κ2) is 5.84. The van der Waals surface area contributed by atoms with Crippen molar-refractivity contribution in [1.29, 1.82) is 0 Å². The third-order valence-electron chi connectivity index (χ3n) is 2.41. The van der Waals surface area contributed by atoms with E-state index in [0.29, 0.717) is 12.8 Å². The van der Waals surface area contributed by atoms with Crippen LogP contribution in [0.5, 0.6) is 0 Å². The smallest absolute Gasteiger partial charge is 0.326 e. The molecule has 2 atom stereocenters. The predicted molar refractivity (Wildman–Crippen MR) is 61.9 cm³/mol. The maximum absolute atomic E-state index is 11.7. The molecule has 0 saturated heterocycles. The zero-order chi connectivity index (χ0) is 12.9. The molecular formula is C11H22N2O3. The van der Waals surface area contributed by atoms with Gasteiger partial charge in [-0.3, -0.25) is 4.79 Å². The lowest BCUT2D eigenvalue weighted by molar-refractivity contribution is -0.142. The van der Waals surface area contributed by atoms with E-state index >= 15 is 0 Å². The summed E-state index contributed by atoms with van der Waals surface area (Å²) in [5.74, 6) is -1.43. The van der Waals surface area contributed by atoms with Crippen molar-refractivity contribution in [2.75, 3.05) is 0 Å². The molecule has 94 valence electrons. The normalized spacial score (nSPS) is 15.3. The molecule has 0 aliphatic rings. The molecule has 0 aliphatic heterocycles. The number of rotatable bonds is 5. The summed E-state index contributed by atoms with van der Waals surface area (Å²) in [5.41, 5.74) is 5.36. The molecule has 0 saturated carbocycles. The molecule has 0 spiro atoms. The molecule has 0 radical (unpaired) electrons. The monoisotopic (exact) mass is 230 g/mol. The van der Waals surface area contributed by atoms with Crippen molar-refractivity contribution < 1.29 is 14.7 Å². The predicted octanol–water partition coefficient (Wildman–Crippen LogP) is 0.729. The van der Waals surface area contributed by atoms with Crippen molar-refractivity contribution in [2.24, 2.45) is 11.1 Å². The lowest BCUT2D eigenvalue weighted by Gasteiger charge is -2.27. The molecule has 0 aliphatic carbocycles. The minimum absolute atomic E-state index is 0.376. The fourth-order valence-corrected chi connectivity index (χ4v) is 1.20. The fraction of sp³-hybridized carbons (Fsp3) is 0.818. The van der Waals surface area contributed by atoms with Gasteiger partial charge in [0.05, 0.1) is 6.04 Å². The van der Waals surface area contributed by atoms with Gasteiger partial charge in [0.15, 0.2) is 0 Å². The average Bonchev–Trinajstić information content (AvgIpc) is 2.14. The van der Waals surface area contributed by atoms with Crippen LogP contribution in [0.4, 0.5) is 0 Å². The highest BCUT2D eigenvalue weighted by atomic mass is 16.4. The maximum Gasteiger partial charge on any atom is 0.326 e. The van der Waals surface area contributed by atoms with Crippen LogP contribution in [0.3, 0.4) is 0 Å². The highest BCUT2D eigenvalue weighted by Gasteiger charge is 2.30. The van der Waals surface area contributed by atoms with Crippen LogP contribution in [0, 0.1) is 5.41 Å². The van der Waals surface area contributed by atoms with Crippen LogP contribution in [0.25, 0.3) is 0 Å². The van der Waals surface area contributed by atoms with Crippen LogP contribution in [0.2, 0.25) is 0 Å². The first kappa shape index (κ1) is 14.9. The van der Waals surface area contributed by atoms with Crippen molar-refractivity contribution >= 4 is 11.9 Å². The van der Waals surface area contributed by atoms with E-state index in [9.17, 15) is 9.59 Å². The molecule has 0 aromatic rings. The number of carboxylic acids is 1. The van der Waals surface area contributed by atoms with Crippen LogP contribution in [-0.2, 0) is 9.59 Å². The summed E-state index contributed by atoms with van der Waals surface area (Å²) < 4.78 is 0. The van der Waals surface area contributed by atoms with Crippen LogP contribution < -0.4 is 11.1 Å². The van der Waals surface area contributed by atoms with Gasteiger partial charge in [-0.05, 0) is 11.8 Å². The quantitative estimate of drug-likeness (QED) is 0.649. The van der Waals surface area contributed by atoms with Gasteiger partial charge in [-0.15, -0.1) is 0 Å². The summed E-state index contributed by atoms with van der Waals surface area (Å²) in [5, 5.41) is 11.3. The molecule has 0 rings (SSSR count). The molecule has 0 fully saturated rings. The van der Waals surface area contributed by atoms with Gasteiger partial charge in [-0.25, -0.2) is 4.79 Å². The third-order valence-corrected chi connectivity index (χ3v) is 2.41. The SMILES string of the molecule is CCCC(NC(=O)[C@H](N)C(C)(C)C)C(=O)O. The Labute approximate surface area is 96.4 Å². The van der Waals surface area contributed by atoms with Gasteiger partial charge >= 0.3 is 5.97 Å². The second-order valence-corrected chi connectivity index (χ2v) is 5.03. The molecule has 0 aromatic heterocycles. The van der Waals surface area contributed by atoms with Crippen LogP contribution in [-0.4, -0.2) is 29.1 Å². The van der Waals surface area contributed by atoms with E-state index in [1.54, 1.807) is 0 Å². The average molecular weight is 230 g/mol. The lowest BCUT2D eigenvalue weighted by Crippen LogP contribution is -2.53. The molecular weight excluding hydrogens is 208 g/mol. The Morgan fingerprint density at radius 1 is 1.38 bits per heavy atom. The number of carbonyl (C=O) groups is 2. The van der Waals surface area contributed by atoms with Gasteiger partial charge in [-0.1, -0.05) is 34.1 Å². The summed E-state index contributed by atoms with van der Waals surface area (Å²) in [4.78, 5) is 22.5. The number of carbonyl (C=O) groups excluding carboxylic acids is 1. The van der Waals surface area contributed by atoms with E-state index < -0.39 is 24.0 Å². The van der Waals surface area contributed by atoms with Crippen molar-refractivity contribution in [2.45, 2.75) is 52.6 Å². The Morgan fingerprint density at radius 3 is 2.19 bits per heavy atom. The minimum Gasteiger partial charge on any atom is -0.480 e. The molecule has 0 bridgehead atoms. The Hall–Kier alpha value is -1.10. The summed E-state index contributed by atoms with van der Waals surface area (Å²) in [6.07, 6.45) is 1.11. The van der Waals surface area contributed by atoms with E-state index in [0.717, 1.165) is 0 Å². The lowest BCUT2D eigenvalue weighted by atomic mass is 9.87. The van der Waals surface area contributed by atoms with Gasteiger partial charge in [-0.2, -0.15) is 0 Å². The van der Waals surface area contributed by atoms with E-state index in [-0.39, 0.29) is 5.41 Å². The molecule has 4 N–H and O–H groups in total. The van der Waals surface area contributed by atoms with Crippen molar-refractivity contribution in [3.8, 4) is 0 Å². The van der Waals surface area contributed by atoms with Gasteiger partial charge in [0.2, 0.25) is 5.91 Å². The zero-order valence-corrected chi connectivity index (χ0v) is 10.4. The fourth-order valence-electron chi connectivity index (χ4n) is 1.20. The van der Waals surface area contributed by atoms with Gasteiger partial charge in [0.1, 0.15) is 6.04 Å². The van der Waals surface area contributed by atoms with Crippen LogP contribution >= 0.6 is 0 Å². The summed E-state index contributed by atoms with van der Waals surface area (Å²) in [7, 11) is 0. The minimum atomic E-state index is -1.02. The summed E-state index contributed by atoms with van der Waals surface area (Å²) >= 11 is 0. The van der Waals surface area contributed by atoms with Gasteiger partial charge < -0.3 is 16.2 Å². The number of carboxylic acid groups (broad SMARTS) is 1. The van der Waals surface area contributed by atoms with Crippen LogP contribution in [0.1, 0.15) is 40.5 Å². The van der Waals surface area contributed by atoms with Gasteiger partial charge in [0.25, 0.3) is 0 Å². The maximum atomic E-state index is 11.7. The number of aliphatic carboxylic acids is 1. The topological polar surface area (TPSA) is 92.4 Å². The number of nitrogens with one attached hydrogen (secondary N) is 1. The zero-order valence-electron chi connectivity index (χ0n) is 10.4. The molecule has 5 nitrogen and oxygen atoms in total. The molecule has 0 heterocycles. The molecule has 1 amide bonds. The standard InChI is InChI=1S/C11H22N2O3/c1-5-6-7(10(15)16)13-9(14)8(12)11(2,3)4/h7-8H,5-6,12H2,1-4H3,(H,13,14)(H,15,16)/t7?,8-/m0/s1. The number of hydrogen-bond donors (Lipinski definition) is 3. The number of amides is 1. The number of hydrogen-bond acceptors (Lipinski definition) is 3. The Morgan fingerprint density at radius 2 is 1.88 bits per heavy atom. The van der Waals surface area contributed by atoms with E-state index in [4.69, 9.17) is 10.8 Å². The van der Waals surface area contributed by atoms with Crippen LogP contribution in [0.15, 0.2) is 0 Å². The second-order valence-electron chi connectivity index (χ2n) is 5.03. The molecule has 5 heteroatoms. The summed E-state index contributed by atoms with van der Waals surface area (Å²) in [6, 6.07) is -1.54. The molecule has 1 unspecified atom stereocenters. The van der Waals surface area contributed by atoms with Crippen molar-refractivity contribution in [1.82, 2.24) is 5.32 Å². The van der Waals surface area contributed by atoms with E-state index in [1.165, 1.54) is 0 Å². The first-order valence-corrected chi connectivity index (χ1v) is 5.49. The number of nitrogens with two attached hydrogens (primary N) is 1. The van der Waals surface area contributed by atoms with Gasteiger partial charge in [0, 0.05) is 0 Å². The van der Waals surface area contributed by atoms with E-state index in [2.05, 4.69) is 5.32 Å². The Balaban J connectivity index is 4.46. The first-order chi connectivity index (χ1) is 7.20. The molecule has 16 heavy (non-hydrogen) atoms. The van der Waals surface area contributed by atoms with Crippen molar-refractivity contribution in [3.05, 3.63) is 0 Å². The Kier molecular flexibility index (Phi) is 5.44. The first-order valence-electron chi connectivity index (χ1n) is 5.49. The highest BCUT2D eigenvalue weighted by molar-refractivity contribution is 5.87. The largest absolute Gasteiger partial charge is 0.480 e. The van der Waals surface area contributed by atoms with E-state index in [1.807, 2.05) is 27.7 Å². The van der Waals surface area contributed by atoms with Crippen molar-refractivity contribution in [3.63, 3.8) is 0 Å². The third kappa shape index (κ3) is 4.61. The summed E-state index contributed by atoms with van der Waals surface area (Å²) in [6.45, 7) is 7.39. The highest BCUT2D eigenvalue weighted by Crippen LogP contribution is 2.17.